The topological polar surface area (TPSA) is 63.0 Å². The van der Waals surface area contributed by atoms with Crippen molar-refractivity contribution in [2.45, 2.75) is 19.8 Å². The van der Waals surface area contributed by atoms with Crippen LogP contribution in [0.5, 0.6) is 0 Å². The highest BCUT2D eigenvalue weighted by atomic mass is 19.1. The van der Waals surface area contributed by atoms with Gasteiger partial charge in [-0.25, -0.2) is 9.38 Å². The summed E-state index contributed by atoms with van der Waals surface area (Å²) in [6, 6.07) is 15.8. The molecule has 158 valence electrons. The lowest BCUT2D eigenvalue weighted by atomic mass is 10.1. The van der Waals surface area contributed by atoms with Crippen LogP contribution in [-0.2, 0) is 9.53 Å². The molecule has 5 nitrogen and oxygen atoms in total. The van der Waals surface area contributed by atoms with Crippen molar-refractivity contribution >= 4 is 23.6 Å². The molecule has 0 saturated carbocycles. The fourth-order valence-corrected chi connectivity index (χ4v) is 3.12. The first-order chi connectivity index (χ1) is 15.1. The first-order valence-electron chi connectivity index (χ1n) is 9.96. The second-order valence-corrected chi connectivity index (χ2v) is 6.83. The maximum atomic E-state index is 13.5. The van der Waals surface area contributed by atoms with Crippen molar-refractivity contribution in [1.82, 2.24) is 5.32 Å². The van der Waals surface area contributed by atoms with Gasteiger partial charge in [0.25, 0.3) is 0 Å². The molecule has 0 unspecified atom stereocenters. The number of halogens is 1. The highest BCUT2D eigenvalue weighted by molar-refractivity contribution is 6.01. The van der Waals surface area contributed by atoms with Crippen molar-refractivity contribution in [3.05, 3.63) is 102 Å². The van der Waals surface area contributed by atoms with E-state index >= 15 is 0 Å². The minimum absolute atomic E-state index is 0.329. The van der Waals surface area contributed by atoms with E-state index in [0.29, 0.717) is 36.7 Å². The predicted octanol–water partition coefficient (Wildman–Crippen LogP) is 5.03. The van der Waals surface area contributed by atoms with Gasteiger partial charge in [0, 0.05) is 23.1 Å². The van der Waals surface area contributed by atoms with Crippen LogP contribution in [0.15, 0.2) is 94.8 Å². The van der Waals surface area contributed by atoms with E-state index in [0.717, 1.165) is 28.8 Å². The Morgan fingerprint density at radius 3 is 2.55 bits per heavy atom. The van der Waals surface area contributed by atoms with Crippen LogP contribution in [0.25, 0.3) is 5.57 Å². The molecule has 1 fully saturated rings. The van der Waals surface area contributed by atoms with Gasteiger partial charge in [-0.15, -0.1) is 0 Å². The van der Waals surface area contributed by atoms with Crippen molar-refractivity contribution < 1.29 is 13.9 Å². The molecule has 2 aromatic rings. The van der Waals surface area contributed by atoms with E-state index < -0.39 is 0 Å². The molecule has 1 aliphatic rings. The Labute approximate surface area is 181 Å². The van der Waals surface area contributed by atoms with Gasteiger partial charge < -0.3 is 10.1 Å². The third-order valence-corrected chi connectivity index (χ3v) is 4.70. The number of carbonyl (C=O) groups excluding carboxylic acids is 1. The molecule has 0 aliphatic carbocycles. The van der Waals surface area contributed by atoms with Gasteiger partial charge in [-0.2, -0.15) is 4.99 Å². The minimum atomic E-state index is -0.329. The van der Waals surface area contributed by atoms with Crippen molar-refractivity contribution in [3.8, 4) is 0 Å². The summed E-state index contributed by atoms with van der Waals surface area (Å²) < 4.78 is 19.3. The number of nitrogens with zero attached hydrogens (tertiary/aromatic N) is 2. The van der Waals surface area contributed by atoms with Gasteiger partial charge in [0.05, 0.1) is 6.61 Å². The van der Waals surface area contributed by atoms with Crippen molar-refractivity contribution in [2.75, 3.05) is 6.61 Å². The number of allylic oxidation sites excluding steroid dienone is 2. The maximum absolute atomic E-state index is 13.5. The van der Waals surface area contributed by atoms with Crippen molar-refractivity contribution in [3.63, 3.8) is 0 Å². The van der Waals surface area contributed by atoms with E-state index in [1.54, 1.807) is 24.4 Å². The second kappa shape index (κ2) is 10.8. The molecule has 31 heavy (non-hydrogen) atoms. The third-order valence-electron chi connectivity index (χ3n) is 4.70. The lowest BCUT2D eigenvalue weighted by Gasteiger charge is -2.18. The number of aliphatic imine (C=N–C) groups is 2. The quantitative estimate of drug-likeness (QED) is 0.390. The lowest BCUT2D eigenvalue weighted by molar-refractivity contribution is -0.108. The van der Waals surface area contributed by atoms with Gasteiger partial charge in [-0.3, -0.25) is 4.79 Å². The number of carbonyl (C=O) groups is 1. The molecule has 1 heterocycles. The Bertz CT molecular complexity index is 1050. The first-order valence-corrected chi connectivity index (χ1v) is 9.96. The van der Waals surface area contributed by atoms with Gasteiger partial charge in [0.1, 0.15) is 5.82 Å². The maximum Gasteiger partial charge on any atom is 0.220 e. The van der Waals surface area contributed by atoms with Crippen LogP contribution in [-0.4, -0.2) is 24.6 Å². The lowest BCUT2D eigenvalue weighted by Crippen LogP contribution is -2.19. The monoisotopic (exact) mass is 417 g/mol. The Hall–Kier alpha value is -3.80. The highest BCUT2D eigenvalue weighted by Gasteiger charge is 2.17. The molecule has 2 aromatic carbocycles. The molecule has 0 atom stereocenters. The predicted molar refractivity (Wildman–Crippen MR) is 122 cm³/mol. The molecule has 0 radical (unpaired) electrons. The number of amides is 1. The van der Waals surface area contributed by atoms with E-state index in [4.69, 9.17) is 14.7 Å². The SMILES string of the molecule is C=C/C(=C(/N=C1/OCCC/C1=C/NC=O)\N=C(/C)c1ccccc1)c1ccc(F)cc1. The standard InChI is InChI=1S/C25H24FN3O2/c1-3-23(20-11-13-22(26)14-12-20)24(28-18(2)19-8-5-4-6-9-19)29-25-21(16-27-17-30)10-7-15-31-25/h3-6,8-9,11-14,16-17H,1,7,10,15H2,2H3,(H,27,30)/b21-16-,24-23-,28-18+,29-25+. The molecular formula is C25H24FN3O2. The summed E-state index contributed by atoms with van der Waals surface area (Å²) in [7, 11) is 0. The van der Waals surface area contributed by atoms with Gasteiger partial charge in [0.2, 0.25) is 12.3 Å². The molecule has 3 rings (SSSR count). The van der Waals surface area contributed by atoms with E-state index in [-0.39, 0.29) is 5.82 Å². The zero-order valence-corrected chi connectivity index (χ0v) is 17.3. The van der Waals surface area contributed by atoms with Crippen LogP contribution < -0.4 is 5.32 Å². The minimum Gasteiger partial charge on any atom is -0.477 e. The fourth-order valence-electron chi connectivity index (χ4n) is 3.12. The molecule has 0 aromatic heterocycles. The largest absolute Gasteiger partial charge is 0.477 e. The van der Waals surface area contributed by atoms with E-state index in [1.807, 2.05) is 37.3 Å². The Balaban J connectivity index is 2.17. The van der Waals surface area contributed by atoms with Crippen molar-refractivity contribution in [1.29, 1.82) is 0 Å². The number of rotatable bonds is 7. The van der Waals surface area contributed by atoms with Gasteiger partial charge in [0.15, 0.2) is 5.82 Å². The summed E-state index contributed by atoms with van der Waals surface area (Å²) >= 11 is 0. The fraction of sp³-hybridized carbons (Fsp3) is 0.160. The van der Waals surface area contributed by atoms with Crippen LogP contribution >= 0.6 is 0 Å². The molecular weight excluding hydrogens is 393 g/mol. The second-order valence-electron chi connectivity index (χ2n) is 6.83. The number of nitrogens with one attached hydrogen (secondary N) is 1. The van der Waals surface area contributed by atoms with Crippen LogP contribution in [0.4, 0.5) is 4.39 Å². The highest BCUT2D eigenvalue weighted by Crippen LogP contribution is 2.25. The van der Waals surface area contributed by atoms with E-state index in [2.05, 4.69) is 11.9 Å². The van der Waals surface area contributed by atoms with Gasteiger partial charge in [-0.05, 0) is 43.0 Å². The molecule has 0 bridgehead atoms. The van der Waals surface area contributed by atoms with Crippen LogP contribution in [0.3, 0.4) is 0 Å². The first kappa shape index (κ1) is 21.9. The van der Waals surface area contributed by atoms with Crippen LogP contribution in [0.2, 0.25) is 0 Å². The summed E-state index contributed by atoms with van der Waals surface area (Å²) in [5.74, 6) is 0.448. The summed E-state index contributed by atoms with van der Waals surface area (Å²) in [6.07, 6.45) is 5.37. The molecule has 6 heteroatoms. The number of benzene rings is 2. The number of hydrogen-bond donors (Lipinski definition) is 1. The van der Waals surface area contributed by atoms with Gasteiger partial charge >= 0.3 is 0 Å². The Morgan fingerprint density at radius 1 is 1.13 bits per heavy atom. The third kappa shape index (κ3) is 5.85. The van der Waals surface area contributed by atoms with E-state index in [9.17, 15) is 9.18 Å². The molecule has 1 amide bonds. The summed E-state index contributed by atoms with van der Waals surface area (Å²) in [5, 5.41) is 2.55. The summed E-state index contributed by atoms with van der Waals surface area (Å²) in [4.78, 5) is 20.2. The Kier molecular flexibility index (Phi) is 7.65. The molecule has 0 spiro atoms. The summed E-state index contributed by atoms with van der Waals surface area (Å²) in [5.41, 5.74) is 3.85. The van der Waals surface area contributed by atoms with Crippen molar-refractivity contribution in [2.24, 2.45) is 9.98 Å². The number of hydrogen-bond acceptors (Lipinski definition) is 4. The molecule has 1 saturated heterocycles. The molecule has 1 aliphatic heterocycles. The smallest absolute Gasteiger partial charge is 0.220 e. The van der Waals surface area contributed by atoms with E-state index in [1.165, 1.54) is 12.1 Å². The average Bonchev–Trinajstić information content (AvgIpc) is 2.80. The zero-order chi connectivity index (χ0) is 22.1. The van der Waals surface area contributed by atoms with Crippen LogP contribution in [0, 0.1) is 5.82 Å². The van der Waals surface area contributed by atoms with Crippen LogP contribution in [0.1, 0.15) is 30.9 Å². The number of ether oxygens (including phenoxy) is 1. The average molecular weight is 417 g/mol. The normalized spacial score (nSPS) is 17.7. The Morgan fingerprint density at radius 2 is 1.87 bits per heavy atom. The van der Waals surface area contributed by atoms with Gasteiger partial charge in [-0.1, -0.05) is 55.1 Å². The zero-order valence-electron chi connectivity index (χ0n) is 17.3. The summed E-state index contributed by atoms with van der Waals surface area (Å²) in [6.45, 7) is 6.33. The molecule has 1 N–H and O–H groups in total.